The van der Waals surface area contributed by atoms with Gasteiger partial charge in [0.25, 0.3) is 0 Å². The summed E-state index contributed by atoms with van der Waals surface area (Å²) < 4.78 is 0. The summed E-state index contributed by atoms with van der Waals surface area (Å²) in [4.78, 5) is 5.68. The minimum Gasteiger partial charge on any atom is -0.252 e. The Hall–Kier alpha value is -1.68. The van der Waals surface area contributed by atoms with Crippen LogP contribution in [0.3, 0.4) is 0 Å². The first-order valence-corrected chi connectivity index (χ1v) is 9.30. The van der Waals surface area contributed by atoms with Gasteiger partial charge < -0.3 is 0 Å². The Balaban J connectivity index is 1.66. The van der Waals surface area contributed by atoms with E-state index >= 15 is 0 Å². The molecule has 122 valence electrons. The maximum atomic E-state index is 4.48. The van der Waals surface area contributed by atoms with Crippen LogP contribution >= 0.6 is 11.3 Å². The molecule has 2 aromatic rings. The van der Waals surface area contributed by atoms with Crippen LogP contribution in [0.5, 0.6) is 0 Å². The van der Waals surface area contributed by atoms with Gasteiger partial charge in [0, 0.05) is 4.88 Å². The van der Waals surface area contributed by atoms with Crippen molar-refractivity contribution in [2.75, 3.05) is 5.43 Å². The zero-order valence-corrected chi connectivity index (χ0v) is 15.0. The van der Waals surface area contributed by atoms with E-state index in [1.807, 2.05) is 13.8 Å². The third-order valence-electron chi connectivity index (χ3n) is 4.75. The van der Waals surface area contributed by atoms with Crippen LogP contribution in [0.15, 0.2) is 29.4 Å². The van der Waals surface area contributed by atoms with E-state index in [-0.39, 0.29) is 0 Å². The van der Waals surface area contributed by atoms with Gasteiger partial charge in [0.15, 0.2) is 0 Å². The normalized spacial score (nSPS) is 16.6. The van der Waals surface area contributed by atoms with E-state index in [0.29, 0.717) is 0 Å². The van der Waals surface area contributed by atoms with E-state index in [1.165, 1.54) is 48.1 Å². The number of hydrazone groups is 1. The number of aryl methyl sites for hydroxylation is 2. The molecule has 0 spiro atoms. The third-order valence-corrected chi connectivity index (χ3v) is 5.73. The van der Waals surface area contributed by atoms with Gasteiger partial charge in [-0.3, -0.25) is 5.43 Å². The fourth-order valence-corrected chi connectivity index (χ4v) is 3.91. The van der Waals surface area contributed by atoms with Gasteiger partial charge >= 0.3 is 0 Å². The van der Waals surface area contributed by atoms with Crippen molar-refractivity contribution in [2.45, 2.75) is 58.8 Å². The van der Waals surface area contributed by atoms with E-state index in [2.05, 4.69) is 46.7 Å². The Morgan fingerprint density at radius 1 is 1.13 bits per heavy atom. The van der Waals surface area contributed by atoms with Crippen LogP contribution < -0.4 is 5.43 Å². The number of hydrogen-bond donors (Lipinski definition) is 1. The predicted octanol–water partition coefficient (Wildman–Crippen LogP) is 5.64. The second-order valence-corrected chi connectivity index (χ2v) is 7.63. The molecule has 1 N–H and O–H groups in total. The van der Waals surface area contributed by atoms with Crippen molar-refractivity contribution >= 4 is 22.2 Å². The van der Waals surface area contributed by atoms with Crippen LogP contribution in [-0.2, 0) is 0 Å². The van der Waals surface area contributed by atoms with Crippen molar-refractivity contribution in [3.63, 3.8) is 0 Å². The molecule has 0 unspecified atom stereocenters. The lowest BCUT2D eigenvalue weighted by atomic mass is 9.84. The van der Waals surface area contributed by atoms with Crippen LogP contribution in [0.2, 0.25) is 0 Å². The Bertz CT molecular complexity index is 660. The zero-order valence-electron chi connectivity index (χ0n) is 14.2. The van der Waals surface area contributed by atoms with Crippen molar-refractivity contribution in [1.29, 1.82) is 0 Å². The second kappa shape index (κ2) is 7.26. The fraction of sp³-hybridized carbons (Fsp3) is 0.474. The van der Waals surface area contributed by atoms with Crippen molar-refractivity contribution in [3.05, 3.63) is 46.0 Å². The van der Waals surface area contributed by atoms with Gasteiger partial charge in [-0.1, -0.05) is 43.5 Å². The Labute approximate surface area is 142 Å². The Kier molecular flexibility index (Phi) is 5.11. The van der Waals surface area contributed by atoms with Crippen LogP contribution in [0, 0.1) is 13.8 Å². The van der Waals surface area contributed by atoms with E-state index in [1.54, 1.807) is 11.3 Å². The maximum Gasteiger partial charge on any atom is 0.203 e. The molecule has 4 heteroatoms. The summed E-state index contributed by atoms with van der Waals surface area (Å²) in [5.41, 5.74) is 7.80. The number of anilines is 1. The molecular formula is C19H25N3S. The molecule has 1 aromatic carbocycles. The summed E-state index contributed by atoms with van der Waals surface area (Å²) >= 11 is 1.64. The molecule has 0 aliphatic heterocycles. The monoisotopic (exact) mass is 327 g/mol. The summed E-state index contributed by atoms with van der Waals surface area (Å²) in [6.45, 7) is 6.15. The molecule has 1 heterocycles. The average Bonchev–Trinajstić information content (AvgIpc) is 2.92. The molecule has 0 atom stereocenters. The minimum absolute atomic E-state index is 0.759. The number of benzene rings is 1. The van der Waals surface area contributed by atoms with Gasteiger partial charge in [0.05, 0.1) is 11.4 Å². The van der Waals surface area contributed by atoms with Crippen molar-refractivity contribution in [3.8, 4) is 0 Å². The number of nitrogens with one attached hydrogen (secondary N) is 1. The summed E-state index contributed by atoms with van der Waals surface area (Å²) in [6.07, 6.45) is 6.85. The molecule has 0 bridgehead atoms. The van der Waals surface area contributed by atoms with E-state index in [4.69, 9.17) is 0 Å². The molecule has 0 amide bonds. The molecule has 1 aliphatic carbocycles. The van der Waals surface area contributed by atoms with Crippen LogP contribution in [0.1, 0.15) is 66.6 Å². The topological polar surface area (TPSA) is 37.3 Å². The molecule has 1 saturated carbocycles. The van der Waals surface area contributed by atoms with Gasteiger partial charge in [-0.2, -0.15) is 5.10 Å². The predicted molar refractivity (Wildman–Crippen MR) is 99.7 cm³/mol. The summed E-state index contributed by atoms with van der Waals surface area (Å²) in [5.74, 6) is 0.759. The van der Waals surface area contributed by atoms with Gasteiger partial charge in [-0.15, -0.1) is 11.3 Å². The van der Waals surface area contributed by atoms with Gasteiger partial charge in [0.1, 0.15) is 0 Å². The standard InChI is InChI=1S/C19H25N3S/c1-13-15(3)23-19(20-13)22-21-14(2)16-9-11-18(12-10-16)17-7-5-4-6-8-17/h9-12,17H,4-8H2,1-3H3,(H,20,22)/b21-14+. The second-order valence-electron chi connectivity index (χ2n) is 6.43. The van der Waals surface area contributed by atoms with Gasteiger partial charge in [-0.05, 0) is 50.7 Å². The number of hydrogen-bond acceptors (Lipinski definition) is 4. The first-order chi connectivity index (χ1) is 11.1. The first-order valence-electron chi connectivity index (χ1n) is 8.48. The fourth-order valence-electron chi connectivity index (χ4n) is 3.15. The highest BCUT2D eigenvalue weighted by Crippen LogP contribution is 2.32. The van der Waals surface area contributed by atoms with Crippen molar-refractivity contribution in [1.82, 2.24) is 4.98 Å². The summed E-state index contributed by atoms with van der Waals surface area (Å²) in [7, 11) is 0. The van der Waals surface area contributed by atoms with Crippen molar-refractivity contribution in [2.24, 2.45) is 5.10 Å². The van der Waals surface area contributed by atoms with Crippen molar-refractivity contribution < 1.29 is 0 Å². The van der Waals surface area contributed by atoms with Crippen LogP contribution in [0.4, 0.5) is 5.13 Å². The molecule has 3 nitrogen and oxygen atoms in total. The molecule has 1 aliphatic rings. The molecule has 23 heavy (non-hydrogen) atoms. The van der Waals surface area contributed by atoms with E-state index in [0.717, 1.165) is 22.5 Å². The molecule has 3 rings (SSSR count). The molecule has 0 radical (unpaired) electrons. The smallest absolute Gasteiger partial charge is 0.203 e. The van der Waals surface area contributed by atoms with Gasteiger partial charge in [0.2, 0.25) is 5.13 Å². The van der Waals surface area contributed by atoms with Gasteiger partial charge in [-0.25, -0.2) is 4.98 Å². The lowest BCUT2D eigenvalue weighted by Gasteiger charge is -2.22. The third kappa shape index (κ3) is 3.99. The highest BCUT2D eigenvalue weighted by molar-refractivity contribution is 7.15. The Morgan fingerprint density at radius 3 is 2.43 bits per heavy atom. The SMILES string of the molecule is C/C(=N\Nc1nc(C)c(C)s1)c1ccc(C2CCCCC2)cc1. The summed E-state index contributed by atoms with van der Waals surface area (Å²) in [5, 5.41) is 5.34. The molecule has 1 aromatic heterocycles. The molecule has 0 saturated heterocycles. The van der Waals surface area contributed by atoms with E-state index < -0.39 is 0 Å². The number of rotatable bonds is 4. The first kappa shape index (κ1) is 16.2. The van der Waals surface area contributed by atoms with Crippen LogP contribution in [0.25, 0.3) is 0 Å². The molecular weight excluding hydrogens is 302 g/mol. The van der Waals surface area contributed by atoms with Crippen LogP contribution in [-0.4, -0.2) is 10.7 Å². The quantitative estimate of drug-likeness (QED) is 0.582. The summed E-state index contributed by atoms with van der Waals surface area (Å²) in [6, 6.07) is 8.95. The Morgan fingerprint density at radius 2 is 1.83 bits per heavy atom. The molecule has 1 fully saturated rings. The highest BCUT2D eigenvalue weighted by atomic mass is 32.1. The highest BCUT2D eigenvalue weighted by Gasteiger charge is 2.15. The maximum absolute atomic E-state index is 4.48. The number of aromatic nitrogens is 1. The van der Waals surface area contributed by atoms with E-state index in [9.17, 15) is 0 Å². The average molecular weight is 327 g/mol. The minimum atomic E-state index is 0.759. The lowest BCUT2D eigenvalue weighted by molar-refractivity contribution is 0.443. The largest absolute Gasteiger partial charge is 0.252 e. The zero-order chi connectivity index (χ0) is 16.2. The number of thiazole rings is 1. The number of nitrogens with zero attached hydrogens (tertiary/aromatic N) is 2. The lowest BCUT2D eigenvalue weighted by Crippen LogP contribution is -2.05.